The second kappa shape index (κ2) is 6.27. The molecule has 1 aromatic heterocycles. The minimum absolute atomic E-state index is 0.153. The highest BCUT2D eigenvalue weighted by molar-refractivity contribution is 7.28. The smallest absolute Gasteiger partial charge is 0.0904 e. The van der Waals surface area contributed by atoms with Crippen molar-refractivity contribution in [3.63, 3.8) is 0 Å². The normalized spacial score (nSPS) is 14.2. The molecule has 0 nitrogen and oxygen atoms in total. The largest absolute Gasteiger partial charge is 0.145 e. The fraction of sp³-hybridized carbons (Fsp3) is 0.444. The number of thiophene rings is 1. The van der Waals surface area contributed by atoms with E-state index in [0.29, 0.717) is 0 Å². The van der Waals surface area contributed by atoms with Gasteiger partial charge in [0.25, 0.3) is 0 Å². The van der Waals surface area contributed by atoms with Gasteiger partial charge in [-0.1, -0.05) is 69.1 Å². The number of benzene rings is 1. The number of halogens is 1. The molecule has 2 rings (SSSR count). The summed E-state index contributed by atoms with van der Waals surface area (Å²) < 4.78 is 1.56. The third-order valence-electron chi connectivity index (χ3n) is 3.85. The summed E-state index contributed by atoms with van der Waals surface area (Å²) >= 11 is 8.82. The average molecular weight is 367 g/mol. The molecule has 0 bridgehead atoms. The fourth-order valence-electron chi connectivity index (χ4n) is 2.46. The van der Waals surface area contributed by atoms with E-state index in [1.54, 1.807) is 4.50 Å². The molecule has 2 aromatic rings. The Morgan fingerprint density at radius 1 is 0.955 bits per heavy atom. The molecule has 0 saturated carbocycles. The van der Waals surface area contributed by atoms with Gasteiger partial charge in [0.15, 0.2) is 0 Å². The first-order chi connectivity index (χ1) is 10.00. The summed E-state index contributed by atoms with van der Waals surface area (Å²) in [6, 6.07) is 11.4. The SMILES string of the molecule is Cc1ccc(C(Cl)[Si](C)(C)C)c(-c2ccc([Si](C)(C)C)s2)c1. The third kappa shape index (κ3) is 3.94. The predicted molar refractivity (Wildman–Crippen MR) is 109 cm³/mol. The summed E-state index contributed by atoms with van der Waals surface area (Å²) in [6.07, 6.45) is 0. The van der Waals surface area contributed by atoms with Gasteiger partial charge in [-0.3, -0.25) is 0 Å². The van der Waals surface area contributed by atoms with Gasteiger partial charge >= 0.3 is 0 Å². The van der Waals surface area contributed by atoms with Crippen LogP contribution in [0.3, 0.4) is 0 Å². The molecular weight excluding hydrogens is 340 g/mol. The highest BCUT2D eigenvalue weighted by Crippen LogP contribution is 2.39. The zero-order chi connectivity index (χ0) is 16.7. The van der Waals surface area contributed by atoms with Crippen LogP contribution in [0.1, 0.15) is 16.1 Å². The standard InChI is InChI=1S/C18H27ClSSi2/c1-13-8-9-14(18(19)22(5,6)7)15(12-13)16-10-11-17(20-16)21(2,3)4/h8-12,18H,1-7H3. The van der Waals surface area contributed by atoms with E-state index in [1.807, 2.05) is 11.3 Å². The molecule has 0 amide bonds. The molecule has 4 heteroatoms. The third-order valence-corrected chi connectivity index (χ3v) is 12.6. The molecule has 0 saturated heterocycles. The maximum Gasteiger partial charge on any atom is 0.0904 e. The van der Waals surface area contributed by atoms with Crippen molar-refractivity contribution in [2.75, 3.05) is 0 Å². The van der Waals surface area contributed by atoms with E-state index in [9.17, 15) is 0 Å². The number of hydrogen-bond acceptors (Lipinski definition) is 1. The van der Waals surface area contributed by atoms with E-state index < -0.39 is 16.1 Å². The molecule has 120 valence electrons. The van der Waals surface area contributed by atoms with Crippen LogP contribution in [0.4, 0.5) is 0 Å². The van der Waals surface area contributed by atoms with Crippen LogP contribution >= 0.6 is 22.9 Å². The Labute approximate surface area is 146 Å². The first-order valence-electron chi connectivity index (χ1n) is 7.85. The quantitative estimate of drug-likeness (QED) is 0.432. The van der Waals surface area contributed by atoms with Gasteiger partial charge in [0.05, 0.1) is 21.1 Å². The van der Waals surface area contributed by atoms with E-state index in [1.165, 1.54) is 21.6 Å². The van der Waals surface area contributed by atoms with Gasteiger partial charge in [-0.2, -0.15) is 0 Å². The van der Waals surface area contributed by atoms with Crippen LogP contribution in [-0.4, -0.2) is 16.1 Å². The van der Waals surface area contributed by atoms with E-state index in [0.717, 1.165) is 0 Å². The minimum Gasteiger partial charge on any atom is -0.145 e. The summed E-state index contributed by atoms with van der Waals surface area (Å²) in [5.74, 6) is 0. The minimum atomic E-state index is -1.43. The highest BCUT2D eigenvalue weighted by Gasteiger charge is 2.29. The summed E-state index contributed by atoms with van der Waals surface area (Å²) in [5, 5.41) is 0.153. The van der Waals surface area contributed by atoms with Crippen LogP contribution in [0.15, 0.2) is 30.3 Å². The van der Waals surface area contributed by atoms with Gasteiger partial charge in [0.2, 0.25) is 0 Å². The molecule has 0 fully saturated rings. The van der Waals surface area contributed by atoms with E-state index in [-0.39, 0.29) is 5.00 Å². The zero-order valence-corrected chi connectivity index (χ0v) is 18.3. The lowest BCUT2D eigenvalue weighted by atomic mass is 10.0. The lowest BCUT2D eigenvalue weighted by molar-refractivity contribution is 1.25. The second-order valence-electron chi connectivity index (χ2n) is 8.23. The number of hydrogen-bond donors (Lipinski definition) is 0. The lowest BCUT2D eigenvalue weighted by Gasteiger charge is -2.25. The molecule has 22 heavy (non-hydrogen) atoms. The number of aryl methyl sites for hydroxylation is 1. The monoisotopic (exact) mass is 366 g/mol. The summed E-state index contributed by atoms with van der Waals surface area (Å²) in [5.41, 5.74) is 3.97. The molecule has 1 unspecified atom stereocenters. The second-order valence-corrected chi connectivity index (χ2v) is 20.8. The van der Waals surface area contributed by atoms with Crippen LogP contribution in [-0.2, 0) is 0 Å². The number of rotatable bonds is 4. The summed E-state index contributed by atoms with van der Waals surface area (Å²) in [4.78, 5) is 1.38. The number of alkyl halides is 1. The molecule has 1 heterocycles. The summed E-state index contributed by atoms with van der Waals surface area (Å²) in [7, 11) is -2.68. The van der Waals surface area contributed by atoms with E-state index >= 15 is 0 Å². The molecule has 0 radical (unpaired) electrons. The maximum absolute atomic E-state index is 6.86. The molecule has 0 aliphatic rings. The molecule has 0 aliphatic heterocycles. The molecule has 1 aromatic carbocycles. The molecular formula is C18H27ClSSi2. The van der Waals surface area contributed by atoms with Crippen molar-refractivity contribution in [3.05, 3.63) is 41.5 Å². The van der Waals surface area contributed by atoms with Crippen molar-refractivity contribution in [1.82, 2.24) is 0 Å². The molecule has 1 atom stereocenters. The van der Waals surface area contributed by atoms with Crippen LogP contribution in [0.2, 0.25) is 39.3 Å². The average Bonchev–Trinajstić information content (AvgIpc) is 2.86. The first kappa shape index (κ1) is 18.0. The van der Waals surface area contributed by atoms with Crippen LogP contribution < -0.4 is 4.50 Å². The Kier molecular flexibility index (Phi) is 5.13. The van der Waals surface area contributed by atoms with Crippen molar-refractivity contribution in [1.29, 1.82) is 0 Å². The first-order valence-corrected chi connectivity index (χ1v) is 16.2. The lowest BCUT2D eigenvalue weighted by Crippen LogP contribution is -2.34. The fourth-order valence-corrected chi connectivity index (χ4v) is 6.77. The van der Waals surface area contributed by atoms with Crippen molar-refractivity contribution in [3.8, 4) is 10.4 Å². The summed E-state index contributed by atoms with van der Waals surface area (Å²) in [6.45, 7) is 16.4. The van der Waals surface area contributed by atoms with Crippen molar-refractivity contribution < 1.29 is 0 Å². The Balaban J connectivity index is 2.55. The Bertz CT molecular complexity index is 662. The zero-order valence-electron chi connectivity index (χ0n) is 14.8. The Morgan fingerprint density at radius 3 is 2.09 bits per heavy atom. The molecule has 0 N–H and O–H groups in total. The van der Waals surface area contributed by atoms with Crippen molar-refractivity contribution >= 4 is 43.6 Å². The maximum atomic E-state index is 6.86. The van der Waals surface area contributed by atoms with Crippen molar-refractivity contribution in [2.45, 2.75) is 51.2 Å². The van der Waals surface area contributed by atoms with Crippen LogP contribution in [0.5, 0.6) is 0 Å². The van der Waals surface area contributed by atoms with Crippen molar-refractivity contribution in [2.24, 2.45) is 0 Å². The van der Waals surface area contributed by atoms with E-state index in [4.69, 9.17) is 11.6 Å². The Morgan fingerprint density at radius 2 is 1.59 bits per heavy atom. The van der Waals surface area contributed by atoms with E-state index in [2.05, 4.69) is 76.5 Å². The topological polar surface area (TPSA) is 0 Å². The van der Waals surface area contributed by atoms with Gasteiger partial charge in [-0.05, 0) is 28.6 Å². The van der Waals surface area contributed by atoms with Crippen LogP contribution in [0, 0.1) is 6.92 Å². The molecule has 0 spiro atoms. The predicted octanol–water partition coefficient (Wildman–Crippen LogP) is 6.43. The van der Waals surface area contributed by atoms with Gasteiger partial charge in [-0.15, -0.1) is 22.9 Å². The Hall–Kier alpha value is -0.356. The van der Waals surface area contributed by atoms with Gasteiger partial charge < -0.3 is 0 Å². The highest BCUT2D eigenvalue weighted by atomic mass is 35.5. The van der Waals surface area contributed by atoms with Gasteiger partial charge in [0.1, 0.15) is 0 Å². The van der Waals surface area contributed by atoms with Gasteiger partial charge in [0, 0.05) is 4.88 Å². The van der Waals surface area contributed by atoms with Gasteiger partial charge in [-0.25, -0.2) is 0 Å². The molecule has 0 aliphatic carbocycles. The van der Waals surface area contributed by atoms with Crippen LogP contribution in [0.25, 0.3) is 10.4 Å².